The second-order valence-corrected chi connectivity index (χ2v) is 7.06. The molecule has 4 aromatic rings. The van der Waals surface area contributed by atoms with Gasteiger partial charge in [-0.1, -0.05) is 35.6 Å². The van der Waals surface area contributed by atoms with Crippen LogP contribution in [0.3, 0.4) is 0 Å². The number of thiazole rings is 1. The van der Waals surface area contributed by atoms with Gasteiger partial charge in [0.15, 0.2) is 11.7 Å². The van der Waals surface area contributed by atoms with Gasteiger partial charge in [-0.25, -0.2) is 9.37 Å². The van der Waals surface area contributed by atoms with Crippen molar-refractivity contribution in [3.63, 3.8) is 0 Å². The Morgan fingerprint density at radius 1 is 1.11 bits per heavy atom. The van der Waals surface area contributed by atoms with Crippen molar-refractivity contribution in [1.82, 2.24) is 9.97 Å². The maximum atomic E-state index is 13.5. The number of para-hydroxylation sites is 1. The number of carbonyl (C=O) groups is 1. The van der Waals surface area contributed by atoms with Crippen molar-refractivity contribution in [3.8, 4) is 5.75 Å². The van der Waals surface area contributed by atoms with Gasteiger partial charge < -0.3 is 4.74 Å². The molecule has 0 aliphatic carbocycles. The smallest absolute Gasteiger partial charge is 0.267 e. The number of nitrogens with zero attached hydrogens (tertiary/aromatic N) is 3. The Morgan fingerprint density at radius 2 is 1.96 bits per heavy atom. The van der Waals surface area contributed by atoms with E-state index in [4.69, 9.17) is 4.74 Å². The second-order valence-electron chi connectivity index (χ2n) is 6.05. The van der Waals surface area contributed by atoms with Gasteiger partial charge in [0.25, 0.3) is 5.91 Å². The minimum atomic E-state index is -0.359. The van der Waals surface area contributed by atoms with E-state index in [2.05, 4.69) is 9.97 Å². The van der Waals surface area contributed by atoms with Crippen molar-refractivity contribution in [3.05, 3.63) is 84.4 Å². The Kier molecular flexibility index (Phi) is 5.25. The minimum Gasteiger partial charge on any atom is -0.484 e. The molecule has 0 fully saturated rings. The van der Waals surface area contributed by atoms with E-state index in [0.29, 0.717) is 22.9 Å². The molecule has 2 aromatic heterocycles. The highest BCUT2D eigenvalue weighted by molar-refractivity contribution is 7.22. The summed E-state index contributed by atoms with van der Waals surface area (Å²) in [5.41, 5.74) is 1.38. The molecule has 0 aliphatic rings. The Balaban J connectivity index is 1.61. The first-order chi connectivity index (χ1) is 13.7. The highest BCUT2D eigenvalue weighted by Crippen LogP contribution is 2.30. The summed E-state index contributed by atoms with van der Waals surface area (Å²) in [5.74, 6) is 0.0117. The van der Waals surface area contributed by atoms with Crippen molar-refractivity contribution in [2.45, 2.75) is 6.54 Å². The number of fused-ring (bicyclic) bond motifs is 1. The first-order valence-electron chi connectivity index (χ1n) is 8.62. The molecular weight excluding hydrogens is 377 g/mol. The van der Waals surface area contributed by atoms with E-state index in [0.717, 1.165) is 10.3 Å². The van der Waals surface area contributed by atoms with Crippen molar-refractivity contribution >= 4 is 32.6 Å². The topological polar surface area (TPSA) is 55.3 Å². The van der Waals surface area contributed by atoms with Crippen LogP contribution in [-0.2, 0) is 11.3 Å². The van der Waals surface area contributed by atoms with Crippen LogP contribution >= 0.6 is 11.3 Å². The monoisotopic (exact) mass is 393 g/mol. The number of anilines is 1. The summed E-state index contributed by atoms with van der Waals surface area (Å²) < 4.78 is 19.9. The lowest BCUT2D eigenvalue weighted by Crippen LogP contribution is -2.34. The molecule has 0 N–H and O–H groups in total. The van der Waals surface area contributed by atoms with Crippen LogP contribution in [0.15, 0.2) is 73.1 Å². The fraction of sp³-hybridized carbons (Fsp3) is 0.0952. The van der Waals surface area contributed by atoms with Crippen LogP contribution in [0.4, 0.5) is 9.52 Å². The SMILES string of the molecule is O=C(COc1ccccc1)N(Cc1cccnc1)c1nc2cc(F)ccc2s1. The van der Waals surface area contributed by atoms with E-state index in [-0.39, 0.29) is 18.3 Å². The molecule has 2 aromatic carbocycles. The zero-order valence-electron chi connectivity index (χ0n) is 14.8. The third kappa shape index (κ3) is 4.15. The quantitative estimate of drug-likeness (QED) is 0.486. The highest BCUT2D eigenvalue weighted by Gasteiger charge is 2.21. The standard InChI is InChI=1S/C21H16FN3O2S/c22-16-8-9-19-18(11-16)24-21(28-19)25(13-15-5-4-10-23-12-15)20(26)14-27-17-6-2-1-3-7-17/h1-12H,13-14H2. The lowest BCUT2D eigenvalue weighted by molar-refractivity contribution is -0.120. The van der Waals surface area contributed by atoms with Gasteiger partial charge in [0.05, 0.1) is 16.8 Å². The molecule has 0 bridgehead atoms. The van der Waals surface area contributed by atoms with Crippen LogP contribution in [0.25, 0.3) is 10.2 Å². The summed E-state index contributed by atoms with van der Waals surface area (Å²) in [6, 6.07) is 17.3. The largest absolute Gasteiger partial charge is 0.484 e. The number of rotatable bonds is 6. The molecule has 0 radical (unpaired) electrons. The number of amides is 1. The van der Waals surface area contributed by atoms with Crippen LogP contribution in [0.5, 0.6) is 5.75 Å². The zero-order chi connectivity index (χ0) is 19.3. The first-order valence-corrected chi connectivity index (χ1v) is 9.44. The van der Waals surface area contributed by atoms with Crippen LogP contribution in [-0.4, -0.2) is 22.5 Å². The van der Waals surface area contributed by atoms with E-state index in [1.54, 1.807) is 35.5 Å². The molecule has 0 spiro atoms. The summed E-state index contributed by atoms with van der Waals surface area (Å²) in [6.07, 6.45) is 3.37. The molecule has 1 amide bonds. The van der Waals surface area contributed by atoms with Crippen LogP contribution in [0, 0.1) is 5.82 Å². The number of carbonyl (C=O) groups excluding carboxylic acids is 1. The molecule has 0 atom stereocenters. The fourth-order valence-corrected chi connectivity index (χ4v) is 3.64. The van der Waals surface area contributed by atoms with Crippen molar-refractivity contribution in [2.75, 3.05) is 11.5 Å². The molecule has 0 saturated carbocycles. The predicted octanol–water partition coefficient (Wildman–Crippen LogP) is 4.44. The first kappa shape index (κ1) is 18.1. The Bertz CT molecular complexity index is 1090. The number of benzene rings is 2. The molecule has 0 saturated heterocycles. The van der Waals surface area contributed by atoms with E-state index < -0.39 is 0 Å². The summed E-state index contributed by atoms with van der Waals surface area (Å²) in [6.45, 7) is 0.168. The third-order valence-electron chi connectivity index (χ3n) is 4.04. The Hall–Kier alpha value is -3.32. The average molecular weight is 393 g/mol. The summed E-state index contributed by atoms with van der Waals surface area (Å²) >= 11 is 1.33. The maximum absolute atomic E-state index is 13.5. The molecule has 5 nitrogen and oxygen atoms in total. The van der Waals surface area contributed by atoms with E-state index in [1.807, 2.05) is 30.3 Å². The Morgan fingerprint density at radius 3 is 2.75 bits per heavy atom. The lowest BCUT2D eigenvalue weighted by atomic mass is 10.2. The van der Waals surface area contributed by atoms with Gasteiger partial charge >= 0.3 is 0 Å². The van der Waals surface area contributed by atoms with E-state index in [9.17, 15) is 9.18 Å². The molecular formula is C21H16FN3O2S. The lowest BCUT2D eigenvalue weighted by Gasteiger charge is -2.20. The average Bonchev–Trinajstić information content (AvgIpc) is 3.14. The molecule has 2 heterocycles. The molecule has 4 rings (SSSR count). The number of halogens is 1. The number of aromatic nitrogens is 2. The van der Waals surface area contributed by atoms with Crippen molar-refractivity contribution in [1.29, 1.82) is 0 Å². The van der Waals surface area contributed by atoms with E-state index >= 15 is 0 Å². The summed E-state index contributed by atoms with van der Waals surface area (Å²) in [4.78, 5) is 23.0. The molecule has 0 unspecified atom stereocenters. The van der Waals surface area contributed by atoms with Crippen molar-refractivity contribution < 1.29 is 13.9 Å². The summed E-state index contributed by atoms with van der Waals surface area (Å²) in [5, 5.41) is 0.492. The van der Waals surface area contributed by atoms with E-state index in [1.165, 1.54) is 23.5 Å². The second kappa shape index (κ2) is 8.14. The number of hydrogen-bond donors (Lipinski definition) is 0. The zero-order valence-corrected chi connectivity index (χ0v) is 15.6. The normalized spacial score (nSPS) is 10.8. The van der Waals surface area contributed by atoms with Crippen molar-refractivity contribution in [2.24, 2.45) is 0 Å². The van der Waals surface area contributed by atoms with Crippen LogP contribution in [0.2, 0.25) is 0 Å². The maximum Gasteiger partial charge on any atom is 0.267 e. The van der Waals surface area contributed by atoms with Gasteiger partial charge in [0.2, 0.25) is 0 Å². The van der Waals surface area contributed by atoms with Crippen LogP contribution in [0.1, 0.15) is 5.56 Å². The van der Waals surface area contributed by atoms with Gasteiger partial charge in [-0.15, -0.1) is 0 Å². The highest BCUT2D eigenvalue weighted by atomic mass is 32.1. The van der Waals surface area contributed by atoms with Gasteiger partial charge in [0, 0.05) is 18.5 Å². The number of ether oxygens (including phenoxy) is 1. The van der Waals surface area contributed by atoms with Gasteiger partial charge in [0.1, 0.15) is 11.6 Å². The summed E-state index contributed by atoms with van der Waals surface area (Å²) in [7, 11) is 0. The minimum absolute atomic E-state index is 0.130. The van der Waals surface area contributed by atoms with Gasteiger partial charge in [-0.05, 0) is 35.9 Å². The molecule has 28 heavy (non-hydrogen) atoms. The van der Waals surface area contributed by atoms with Crippen LogP contribution < -0.4 is 9.64 Å². The molecule has 0 aliphatic heterocycles. The molecule has 140 valence electrons. The molecule has 7 heteroatoms. The van der Waals surface area contributed by atoms with Gasteiger partial charge in [-0.3, -0.25) is 14.7 Å². The predicted molar refractivity (Wildman–Crippen MR) is 107 cm³/mol. The fourth-order valence-electron chi connectivity index (χ4n) is 2.68. The van der Waals surface area contributed by atoms with Gasteiger partial charge in [-0.2, -0.15) is 0 Å². The Labute approximate surface area is 165 Å². The number of hydrogen-bond acceptors (Lipinski definition) is 5. The third-order valence-corrected chi connectivity index (χ3v) is 5.10. The number of pyridine rings is 1.